The first kappa shape index (κ1) is 22.9. The number of aromatic nitrogens is 1. The Kier molecular flexibility index (Phi) is 6.73. The summed E-state index contributed by atoms with van der Waals surface area (Å²) in [4.78, 5) is 19.1. The molecule has 4 aromatic rings. The molecular weight excluding hydrogens is 456 g/mol. The summed E-state index contributed by atoms with van der Waals surface area (Å²) < 4.78 is 28.4. The molecule has 1 amide bonds. The maximum Gasteiger partial charge on any atom is 0.264 e. The minimum Gasteiger partial charge on any atom is -0.325 e. The molecular formula is C24H24N4O3S2. The molecule has 0 saturated carbocycles. The van der Waals surface area contributed by atoms with E-state index in [9.17, 15) is 13.2 Å². The molecule has 0 aliphatic carbocycles. The van der Waals surface area contributed by atoms with Gasteiger partial charge in [-0.2, -0.15) is 0 Å². The van der Waals surface area contributed by atoms with Crippen molar-refractivity contribution < 1.29 is 13.2 Å². The summed E-state index contributed by atoms with van der Waals surface area (Å²) in [5.41, 5.74) is 1.94. The number of nitrogens with zero attached hydrogens (tertiary/aromatic N) is 3. The molecule has 1 heterocycles. The van der Waals surface area contributed by atoms with Crippen molar-refractivity contribution >= 4 is 48.9 Å². The molecule has 0 unspecified atom stereocenters. The first-order chi connectivity index (χ1) is 15.8. The third-order valence-corrected chi connectivity index (χ3v) is 7.86. The summed E-state index contributed by atoms with van der Waals surface area (Å²) in [5.74, 6) is -0.232. The second-order valence-electron chi connectivity index (χ2n) is 7.63. The minimum atomic E-state index is -3.76. The van der Waals surface area contributed by atoms with Crippen LogP contribution < -0.4 is 9.62 Å². The molecule has 9 heteroatoms. The minimum absolute atomic E-state index is 0.106. The van der Waals surface area contributed by atoms with Gasteiger partial charge in [-0.15, -0.1) is 11.3 Å². The molecule has 170 valence electrons. The predicted octanol–water partition coefficient (Wildman–Crippen LogP) is 4.19. The van der Waals surface area contributed by atoms with Gasteiger partial charge in [0.1, 0.15) is 5.01 Å². The van der Waals surface area contributed by atoms with Crippen LogP contribution in [-0.2, 0) is 21.4 Å². The van der Waals surface area contributed by atoms with Gasteiger partial charge in [0.25, 0.3) is 10.0 Å². The molecule has 0 radical (unpaired) electrons. The van der Waals surface area contributed by atoms with E-state index in [0.29, 0.717) is 17.9 Å². The number of hydrogen-bond donors (Lipinski definition) is 1. The number of para-hydroxylation sites is 2. The number of benzene rings is 3. The Bertz CT molecular complexity index is 1340. The quantitative estimate of drug-likeness (QED) is 0.409. The van der Waals surface area contributed by atoms with Crippen LogP contribution in [0.25, 0.3) is 10.2 Å². The fraction of sp³-hybridized carbons (Fsp3) is 0.167. The highest BCUT2D eigenvalue weighted by Gasteiger charge is 2.21. The largest absolute Gasteiger partial charge is 0.325 e. The summed E-state index contributed by atoms with van der Waals surface area (Å²) in [6.45, 7) is 0.694. The summed E-state index contributed by atoms with van der Waals surface area (Å²) in [6.07, 6.45) is 0. The Morgan fingerprint density at radius 3 is 2.45 bits per heavy atom. The molecule has 0 aliphatic heterocycles. The predicted molar refractivity (Wildman–Crippen MR) is 133 cm³/mol. The molecule has 0 saturated heterocycles. The molecule has 0 fully saturated rings. The van der Waals surface area contributed by atoms with Crippen LogP contribution in [0.2, 0.25) is 0 Å². The zero-order valence-corrected chi connectivity index (χ0v) is 19.9. The van der Waals surface area contributed by atoms with Crippen molar-refractivity contribution in [3.05, 3.63) is 83.9 Å². The zero-order chi connectivity index (χ0) is 23.4. The number of anilines is 2. The Morgan fingerprint density at radius 2 is 1.70 bits per heavy atom. The second kappa shape index (κ2) is 9.70. The van der Waals surface area contributed by atoms with Crippen molar-refractivity contribution in [3.8, 4) is 0 Å². The fourth-order valence-corrected chi connectivity index (χ4v) is 5.68. The number of nitrogens with one attached hydrogen (secondary N) is 1. The molecule has 0 atom stereocenters. The number of hydrogen-bond acceptors (Lipinski definition) is 6. The van der Waals surface area contributed by atoms with Crippen LogP contribution in [0.3, 0.4) is 0 Å². The molecule has 7 nitrogen and oxygen atoms in total. The lowest BCUT2D eigenvalue weighted by Gasteiger charge is -2.20. The van der Waals surface area contributed by atoms with Crippen LogP contribution in [0.15, 0.2) is 83.8 Å². The Balaban J connectivity index is 1.40. The number of rotatable bonds is 8. The van der Waals surface area contributed by atoms with E-state index in [2.05, 4.69) is 10.3 Å². The number of thiazole rings is 1. The lowest BCUT2D eigenvalue weighted by atomic mass is 10.3. The van der Waals surface area contributed by atoms with E-state index in [1.807, 2.05) is 42.3 Å². The second-order valence-corrected chi connectivity index (χ2v) is 10.7. The molecule has 0 bridgehead atoms. The van der Waals surface area contributed by atoms with Crippen molar-refractivity contribution in [1.82, 2.24) is 9.88 Å². The molecule has 33 heavy (non-hydrogen) atoms. The fourth-order valence-electron chi connectivity index (χ4n) is 3.39. The van der Waals surface area contributed by atoms with Gasteiger partial charge in [0.2, 0.25) is 5.91 Å². The first-order valence-corrected chi connectivity index (χ1v) is 12.6. The third-order valence-electron chi connectivity index (χ3n) is 5.05. The van der Waals surface area contributed by atoms with Gasteiger partial charge in [-0.3, -0.25) is 14.0 Å². The number of carbonyl (C=O) groups excluding carboxylic acids is 1. The number of sulfonamides is 1. The number of carbonyl (C=O) groups is 1. The van der Waals surface area contributed by atoms with Gasteiger partial charge in [0.15, 0.2) is 0 Å². The molecule has 0 spiro atoms. The standard InChI is InChI=1S/C24H24N4O3S2/c1-27(17-24-26-21-13-6-7-14-22(21)32-24)16-23(29)25-18-9-8-12-20(15-18)33(30,31)28(2)19-10-4-3-5-11-19/h3-15H,16-17H2,1-2H3,(H,25,29). The van der Waals surface area contributed by atoms with E-state index in [0.717, 1.165) is 15.2 Å². The SMILES string of the molecule is CN(CC(=O)Nc1cccc(S(=O)(=O)N(C)c2ccccc2)c1)Cc1nc2ccccc2s1. The lowest BCUT2D eigenvalue weighted by molar-refractivity contribution is -0.117. The lowest BCUT2D eigenvalue weighted by Crippen LogP contribution is -2.30. The molecule has 1 N–H and O–H groups in total. The normalized spacial score (nSPS) is 11.6. The third kappa shape index (κ3) is 5.39. The van der Waals surface area contributed by atoms with Crippen LogP contribution in [0.5, 0.6) is 0 Å². The highest BCUT2D eigenvalue weighted by atomic mass is 32.2. The van der Waals surface area contributed by atoms with Gasteiger partial charge in [0.05, 0.1) is 33.9 Å². The summed E-state index contributed by atoms with van der Waals surface area (Å²) >= 11 is 1.61. The van der Waals surface area contributed by atoms with Crippen molar-refractivity contribution in [1.29, 1.82) is 0 Å². The van der Waals surface area contributed by atoms with E-state index >= 15 is 0 Å². The van der Waals surface area contributed by atoms with Gasteiger partial charge < -0.3 is 5.32 Å². The highest BCUT2D eigenvalue weighted by Crippen LogP contribution is 2.24. The first-order valence-electron chi connectivity index (χ1n) is 10.3. The molecule has 1 aromatic heterocycles. The smallest absolute Gasteiger partial charge is 0.264 e. The Morgan fingerprint density at radius 1 is 0.970 bits per heavy atom. The van der Waals surface area contributed by atoms with Crippen molar-refractivity contribution in [3.63, 3.8) is 0 Å². The maximum atomic E-state index is 13.0. The summed E-state index contributed by atoms with van der Waals surface area (Å²) in [5, 5.41) is 3.73. The van der Waals surface area contributed by atoms with Crippen LogP contribution in [0, 0.1) is 0 Å². The van der Waals surface area contributed by atoms with Crippen LogP contribution in [0.1, 0.15) is 5.01 Å². The van der Waals surface area contributed by atoms with E-state index in [1.54, 1.807) is 47.7 Å². The summed E-state index contributed by atoms with van der Waals surface area (Å²) in [6, 6.07) is 23.1. The van der Waals surface area contributed by atoms with Crippen molar-refractivity contribution in [2.45, 2.75) is 11.4 Å². The van der Waals surface area contributed by atoms with Crippen LogP contribution in [-0.4, -0.2) is 44.8 Å². The summed E-state index contributed by atoms with van der Waals surface area (Å²) in [7, 11) is -0.407. The molecule has 3 aromatic carbocycles. The molecule has 4 rings (SSSR count). The van der Waals surface area contributed by atoms with Crippen LogP contribution >= 0.6 is 11.3 Å². The van der Waals surface area contributed by atoms with Crippen LogP contribution in [0.4, 0.5) is 11.4 Å². The Labute approximate surface area is 197 Å². The zero-order valence-electron chi connectivity index (χ0n) is 18.3. The Hall–Kier alpha value is -3.27. The van der Waals surface area contributed by atoms with E-state index < -0.39 is 10.0 Å². The highest BCUT2D eigenvalue weighted by molar-refractivity contribution is 7.92. The van der Waals surface area contributed by atoms with E-state index in [-0.39, 0.29) is 17.3 Å². The van der Waals surface area contributed by atoms with Crippen molar-refractivity contribution in [2.24, 2.45) is 0 Å². The topological polar surface area (TPSA) is 82.6 Å². The average Bonchev–Trinajstić information content (AvgIpc) is 3.21. The van der Waals surface area contributed by atoms with Gasteiger partial charge in [-0.1, -0.05) is 36.4 Å². The van der Waals surface area contributed by atoms with E-state index in [1.165, 1.54) is 23.5 Å². The van der Waals surface area contributed by atoms with Gasteiger partial charge in [-0.05, 0) is 49.5 Å². The van der Waals surface area contributed by atoms with Gasteiger partial charge >= 0.3 is 0 Å². The van der Waals surface area contributed by atoms with E-state index in [4.69, 9.17) is 0 Å². The van der Waals surface area contributed by atoms with Gasteiger partial charge in [0, 0.05) is 12.7 Å². The van der Waals surface area contributed by atoms with Gasteiger partial charge in [-0.25, -0.2) is 13.4 Å². The number of likely N-dealkylation sites (N-methyl/N-ethyl adjacent to an activating group) is 1. The number of fused-ring (bicyclic) bond motifs is 1. The maximum absolute atomic E-state index is 13.0. The average molecular weight is 481 g/mol. The monoisotopic (exact) mass is 480 g/mol. The number of amides is 1. The van der Waals surface area contributed by atoms with Crippen molar-refractivity contribution in [2.75, 3.05) is 30.3 Å². The molecule has 0 aliphatic rings.